The van der Waals surface area contributed by atoms with Crippen LogP contribution < -0.4 is 9.64 Å². The molecule has 40 heavy (non-hydrogen) atoms. The van der Waals surface area contributed by atoms with Crippen molar-refractivity contribution in [3.05, 3.63) is 123 Å². The van der Waals surface area contributed by atoms with Gasteiger partial charge in [0.25, 0.3) is 5.69 Å². The largest absolute Gasteiger partial charge is 0.497 e. The topological polar surface area (TPSA) is 81.9 Å². The Hall–Kier alpha value is -4.39. The fraction of sp³-hybridized carbons (Fsp3) is 0.303. The zero-order valence-electron chi connectivity index (χ0n) is 23.1. The first kappa shape index (κ1) is 27.2. The predicted molar refractivity (Wildman–Crippen MR) is 156 cm³/mol. The molecule has 0 fully saturated rings. The lowest BCUT2D eigenvalue weighted by Crippen LogP contribution is -2.35. The summed E-state index contributed by atoms with van der Waals surface area (Å²) in [5.41, 5.74) is 6.56. The van der Waals surface area contributed by atoms with E-state index in [0.29, 0.717) is 19.6 Å². The first-order valence-corrected chi connectivity index (χ1v) is 13.7. The van der Waals surface area contributed by atoms with E-state index in [0.717, 1.165) is 35.5 Å². The monoisotopic (exact) mass is 538 g/mol. The lowest BCUT2D eigenvalue weighted by Gasteiger charge is -2.40. The van der Waals surface area contributed by atoms with Crippen molar-refractivity contribution in [1.29, 1.82) is 0 Å². The first-order valence-electron chi connectivity index (χ1n) is 13.7. The number of allylic oxidation sites excluding steroid dienone is 3. The number of non-ortho nitro benzene ring substituents is 1. The molecule has 1 aliphatic heterocycles. The van der Waals surface area contributed by atoms with Crippen molar-refractivity contribution in [2.75, 3.05) is 25.2 Å². The van der Waals surface area contributed by atoms with Gasteiger partial charge in [-0.2, -0.15) is 0 Å². The minimum atomic E-state index is -0.460. The molecule has 0 radical (unpaired) electrons. The van der Waals surface area contributed by atoms with E-state index in [1.165, 1.54) is 16.7 Å². The molecule has 1 heterocycles. The summed E-state index contributed by atoms with van der Waals surface area (Å²) < 4.78 is 10.8. The maximum atomic E-state index is 12.7. The van der Waals surface area contributed by atoms with Gasteiger partial charge >= 0.3 is 5.97 Å². The van der Waals surface area contributed by atoms with Gasteiger partial charge < -0.3 is 14.4 Å². The van der Waals surface area contributed by atoms with E-state index >= 15 is 0 Å². The number of nitro benzene ring substituents is 1. The molecule has 0 amide bonds. The number of benzene rings is 3. The minimum absolute atomic E-state index is 0.0925. The van der Waals surface area contributed by atoms with Gasteiger partial charge in [0.2, 0.25) is 0 Å². The second kappa shape index (κ2) is 11.4. The van der Waals surface area contributed by atoms with E-state index in [-0.39, 0.29) is 22.5 Å². The number of nitrogens with zero attached hydrogens (tertiary/aromatic N) is 2. The van der Waals surface area contributed by atoms with Crippen molar-refractivity contribution in [1.82, 2.24) is 0 Å². The zero-order chi connectivity index (χ0) is 28.3. The Morgan fingerprint density at radius 3 is 2.52 bits per heavy atom. The maximum absolute atomic E-state index is 12.7. The number of fused-ring (bicyclic) bond motifs is 1. The maximum Gasteiger partial charge on any atom is 0.312 e. The van der Waals surface area contributed by atoms with Crippen LogP contribution in [0.3, 0.4) is 0 Å². The van der Waals surface area contributed by atoms with Crippen molar-refractivity contribution in [3.63, 3.8) is 0 Å². The molecule has 0 saturated heterocycles. The van der Waals surface area contributed by atoms with E-state index in [9.17, 15) is 14.9 Å². The van der Waals surface area contributed by atoms with E-state index in [1.54, 1.807) is 19.2 Å². The summed E-state index contributed by atoms with van der Waals surface area (Å²) in [7, 11) is 1.66. The normalized spacial score (nSPS) is 18.9. The second-order valence-corrected chi connectivity index (χ2v) is 10.3. The molecule has 1 aliphatic carbocycles. The molecule has 0 bridgehead atoms. The summed E-state index contributed by atoms with van der Waals surface area (Å²) in [5.74, 6) is 0.240. The van der Waals surface area contributed by atoms with Gasteiger partial charge in [0, 0.05) is 36.3 Å². The van der Waals surface area contributed by atoms with Crippen LogP contribution in [0.1, 0.15) is 42.5 Å². The minimum Gasteiger partial charge on any atom is -0.497 e. The third-order valence-corrected chi connectivity index (χ3v) is 8.15. The molecule has 0 saturated carbocycles. The van der Waals surface area contributed by atoms with Crippen LogP contribution in [0.25, 0.3) is 0 Å². The number of methoxy groups -OCH3 is 1. The highest BCUT2D eigenvalue weighted by molar-refractivity contribution is 5.76. The van der Waals surface area contributed by atoms with E-state index in [2.05, 4.69) is 53.5 Å². The Labute approximate surface area is 234 Å². The van der Waals surface area contributed by atoms with Gasteiger partial charge in [-0.05, 0) is 73.2 Å². The molecule has 3 aromatic carbocycles. The molecule has 2 atom stereocenters. The summed E-state index contributed by atoms with van der Waals surface area (Å²) in [6.07, 6.45) is 7.88. The van der Waals surface area contributed by atoms with Crippen molar-refractivity contribution in [3.8, 4) is 5.75 Å². The molecule has 2 aliphatic rings. The third kappa shape index (κ3) is 5.11. The van der Waals surface area contributed by atoms with Gasteiger partial charge in [-0.15, -0.1) is 0 Å². The molecule has 2 unspecified atom stereocenters. The molecule has 5 rings (SSSR count). The molecular weight excluding hydrogens is 504 g/mol. The van der Waals surface area contributed by atoms with Crippen molar-refractivity contribution in [2.24, 2.45) is 5.92 Å². The highest BCUT2D eigenvalue weighted by atomic mass is 16.6. The highest BCUT2D eigenvalue weighted by Gasteiger charge is 2.39. The summed E-state index contributed by atoms with van der Waals surface area (Å²) in [4.78, 5) is 25.7. The van der Waals surface area contributed by atoms with Gasteiger partial charge in [0.15, 0.2) is 0 Å². The van der Waals surface area contributed by atoms with Crippen molar-refractivity contribution < 1.29 is 19.2 Å². The SMILES string of the molecule is CCOC(=O)C(C)C1=CC=CC(c2ccc(OC)cc2)(c2cccc3c2CCN(c2ccc([N+](=O)[O-])cc2)C3)C1. The summed E-state index contributed by atoms with van der Waals surface area (Å²) >= 11 is 0. The molecular formula is C33H34N2O5. The summed E-state index contributed by atoms with van der Waals surface area (Å²) in [5, 5.41) is 11.1. The highest BCUT2D eigenvalue weighted by Crippen LogP contribution is 2.46. The predicted octanol–water partition coefficient (Wildman–Crippen LogP) is 6.54. The van der Waals surface area contributed by atoms with Crippen LogP contribution in [0.15, 0.2) is 90.5 Å². The van der Waals surface area contributed by atoms with Crippen LogP contribution in [0.4, 0.5) is 11.4 Å². The Kier molecular flexibility index (Phi) is 7.74. The number of carbonyl (C=O) groups excluding carboxylic acids is 1. The average Bonchev–Trinajstić information content (AvgIpc) is 3.00. The standard InChI is InChI=1S/C33H34N2O5/c1-4-40-32(36)23(2)24-8-6-19-33(21-24,26-10-16-29(39-3)17-11-26)31-9-5-7-25-22-34(20-18-30(25)31)27-12-14-28(15-13-27)35(37)38/h5-17,19,23H,4,18,20-22H2,1-3H3. The molecule has 7 heteroatoms. The number of esters is 1. The number of ether oxygens (including phenoxy) is 2. The van der Waals surface area contributed by atoms with Crippen molar-refractivity contribution >= 4 is 17.3 Å². The van der Waals surface area contributed by atoms with E-state index in [1.807, 2.05) is 38.1 Å². The third-order valence-electron chi connectivity index (χ3n) is 8.15. The summed E-state index contributed by atoms with van der Waals surface area (Å²) in [6, 6.07) is 21.5. The van der Waals surface area contributed by atoms with Crippen LogP contribution in [-0.2, 0) is 27.9 Å². The number of hydrogen-bond donors (Lipinski definition) is 0. The number of nitro groups is 1. The molecule has 3 aromatic rings. The average molecular weight is 539 g/mol. The Morgan fingerprint density at radius 2 is 1.85 bits per heavy atom. The van der Waals surface area contributed by atoms with Gasteiger partial charge in [-0.25, -0.2) is 0 Å². The lowest BCUT2D eigenvalue weighted by atomic mass is 9.65. The Bertz CT molecular complexity index is 1460. The smallest absolute Gasteiger partial charge is 0.312 e. The fourth-order valence-corrected chi connectivity index (χ4v) is 5.95. The van der Waals surface area contributed by atoms with Crippen LogP contribution >= 0.6 is 0 Å². The zero-order valence-corrected chi connectivity index (χ0v) is 23.1. The van der Waals surface area contributed by atoms with Crippen LogP contribution in [0, 0.1) is 16.0 Å². The molecule has 0 aromatic heterocycles. The molecule has 206 valence electrons. The second-order valence-electron chi connectivity index (χ2n) is 10.3. The summed E-state index contributed by atoms with van der Waals surface area (Å²) in [6.45, 7) is 5.62. The van der Waals surface area contributed by atoms with Gasteiger partial charge in [0.1, 0.15) is 5.75 Å². The van der Waals surface area contributed by atoms with Crippen LogP contribution in [0.2, 0.25) is 0 Å². The van der Waals surface area contributed by atoms with Crippen LogP contribution in [0.5, 0.6) is 5.75 Å². The lowest BCUT2D eigenvalue weighted by molar-refractivity contribution is -0.384. The van der Waals surface area contributed by atoms with Crippen molar-refractivity contribution in [2.45, 2.75) is 38.6 Å². The Balaban J connectivity index is 1.54. The molecule has 0 spiro atoms. The Morgan fingerprint density at radius 1 is 1.10 bits per heavy atom. The number of carbonyl (C=O) groups is 1. The quantitative estimate of drug-likeness (QED) is 0.184. The number of anilines is 1. The van der Waals surface area contributed by atoms with E-state index < -0.39 is 5.41 Å². The van der Waals surface area contributed by atoms with Crippen LogP contribution in [-0.4, -0.2) is 31.2 Å². The number of rotatable bonds is 8. The first-order chi connectivity index (χ1) is 19.4. The fourth-order valence-electron chi connectivity index (χ4n) is 5.95. The van der Waals surface area contributed by atoms with Gasteiger partial charge in [-0.1, -0.05) is 54.1 Å². The van der Waals surface area contributed by atoms with E-state index in [4.69, 9.17) is 9.47 Å². The molecule has 0 N–H and O–H groups in total. The number of hydrogen-bond acceptors (Lipinski definition) is 6. The van der Waals surface area contributed by atoms with Gasteiger partial charge in [0.05, 0.1) is 24.6 Å². The van der Waals surface area contributed by atoms with Gasteiger partial charge in [-0.3, -0.25) is 14.9 Å². The molecule has 7 nitrogen and oxygen atoms in total.